The van der Waals surface area contributed by atoms with Gasteiger partial charge in [-0.05, 0) is 45.0 Å². The standard InChI is InChI=1S/C12H14BrN3O2S/c1-12(2,3)19(17,18)11(8-14)16-15-10-6-4-9(13)5-7-10/h4-7,15H,1-3H3/b16-11+. The Morgan fingerprint density at radius 3 is 2.26 bits per heavy atom. The molecule has 0 spiro atoms. The predicted octanol–water partition coefficient (Wildman–Crippen LogP) is 2.91. The fourth-order valence-electron chi connectivity index (χ4n) is 1.07. The summed E-state index contributed by atoms with van der Waals surface area (Å²) in [5.41, 5.74) is 3.16. The van der Waals surface area contributed by atoms with E-state index in [2.05, 4.69) is 26.5 Å². The molecule has 1 aromatic carbocycles. The first-order valence-electron chi connectivity index (χ1n) is 5.42. The van der Waals surface area contributed by atoms with Crippen molar-refractivity contribution in [2.75, 3.05) is 5.43 Å². The van der Waals surface area contributed by atoms with E-state index in [1.54, 1.807) is 30.3 Å². The van der Waals surface area contributed by atoms with E-state index in [0.29, 0.717) is 5.69 Å². The van der Waals surface area contributed by atoms with Crippen LogP contribution in [-0.2, 0) is 9.84 Å². The molecule has 0 aliphatic heterocycles. The Hall–Kier alpha value is -1.39. The Labute approximate surface area is 121 Å². The van der Waals surface area contributed by atoms with Gasteiger partial charge in [-0.2, -0.15) is 10.4 Å². The molecule has 0 bridgehead atoms. The van der Waals surface area contributed by atoms with E-state index in [1.807, 2.05) is 0 Å². The third kappa shape index (κ3) is 3.78. The lowest BCUT2D eigenvalue weighted by molar-refractivity contribution is 0.573. The van der Waals surface area contributed by atoms with E-state index in [1.165, 1.54) is 20.8 Å². The number of halogens is 1. The molecule has 0 saturated carbocycles. The second-order valence-electron chi connectivity index (χ2n) is 4.76. The maximum absolute atomic E-state index is 12.1. The van der Waals surface area contributed by atoms with Gasteiger partial charge >= 0.3 is 0 Å². The maximum atomic E-state index is 12.1. The van der Waals surface area contributed by atoms with Crippen molar-refractivity contribution < 1.29 is 8.42 Å². The summed E-state index contributed by atoms with van der Waals surface area (Å²) in [4.78, 5) is 0. The van der Waals surface area contributed by atoms with Gasteiger partial charge in [0.05, 0.1) is 10.4 Å². The molecule has 0 atom stereocenters. The van der Waals surface area contributed by atoms with Gasteiger partial charge < -0.3 is 0 Å². The van der Waals surface area contributed by atoms with Gasteiger partial charge in [0.25, 0.3) is 5.04 Å². The van der Waals surface area contributed by atoms with Crippen LogP contribution >= 0.6 is 15.9 Å². The zero-order valence-electron chi connectivity index (χ0n) is 10.8. The number of hydrazone groups is 1. The lowest BCUT2D eigenvalue weighted by atomic mass is 10.3. The van der Waals surface area contributed by atoms with Gasteiger partial charge in [-0.3, -0.25) is 5.43 Å². The minimum atomic E-state index is -3.75. The molecule has 0 heterocycles. The first-order valence-corrected chi connectivity index (χ1v) is 7.70. The molecule has 7 heteroatoms. The third-order valence-corrected chi connectivity index (χ3v) is 5.12. The van der Waals surface area contributed by atoms with Crippen molar-refractivity contribution in [3.05, 3.63) is 28.7 Å². The van der Waals surface area contributed by atoms with Crippen LogP contribution in [0.25, 0.3) is 0 Å². The molecule has 0 unspecified atom stereocenters. The Morgan fingerprint density at radius 2 is 1.84 bits per heavy atom. The summed E-state index contributed by atoms with van der Waals surface area (Å²) in [6.45, 7) is 4.57. The van der Waals surface area contributed by atoms with Crippen LogP contribution in [0.2, 0.25) is 0 Å². The van der Waals surface area contributed by atoms with E-state index >= 15 is 0 Å². The highest BCUT2D eigenvalue weighted by Gasteiger charge is 2.34. The van der Waals surface area contributed by atoms with E-state index in [9.17, 15) is 8.42 Å². The summed E-state index contributed by atoms with van der Waals surface area (Å²) >= 11 is 3.29. The van der Waals surface area contributed by atoms with Crippen LogP contribution < -0.4 is 5.43 Å². The molecular formula is C12H14BrN3O2S. The predicted molar refractivity (Wildman–Crippen MR) is 79.5 cm³/mol. The second kappa shape index (κ2) is 5.72. The number of hydrogen-bond donors (Lipinski definition) is 1. The number of sulfone groups is 1. The number of nitrogens with zero attached hydrogens (tertiary/aromatic N) is 2. The summed E-state index contributed by atoms with van der Waals surface area (Å²) < 4.78 is 23.9. The normalized spacial score (nSPS) is 12.9. The molecule has 0 aromatic heterocycles. The average molecular weight is 344 g/mol. The highest BCUT2D eigenvalue weighted by atomic mass is 79.9. The summed E-state index contributed by atoms with van der Waals surface area (Å²) in [6.07, 6.45) is 0. The number of nitrogens with one attached hydrogen (secondary N) is 1. The first kappa shape index (κ1) is 15.7. The van der Waals surface area contributed by atoms with E-state index in [4.69, 9.17) is 5.26 Å². The van der Waals surface area contributed by atoms with E-state index in [0.717, 1.165) is 4.47 Å². The number of rotatable bonds is 2. The summed E-state index contributed by atoms with van der Waals surface area (Å²) in [5, 5.41) is 12.1. The minimum absolute atomic E-state index is 0.525. The number of anilines is 1. The fraction of sp³-hybridized carbons (Fsp3) is 0.333. The lowest BCUT2D eigenvalue weighted by Crippen LogP contribution is -2.34. The van der Waals surface area contributed by atoms with Gasteiger partial charge in [0.1, 0.15) is 6.07 Å². The van der Waals surface area contributed by atoms with Crippen LogP contribution in [0.1, 0.15) is 20.8 Å². The van der Waals surface area contributed by atoms with Crippen molar-refractivity contribution in [1.29, 1.82) is 5.26 Å². The number of nitriles is 1. The Bertz CT molecular complexity index is 622. The fourth-order valence-corrected chi connectivity index (χ4v) is 2.21. The molecule has 0 radical (unpaired) electrons. The largest absolute Gasteiger partial charge is 0.277 e. The molecule has 0 aliphatic carbocycles. The molecule has 5 nitrogen and oxygen atoms in total. The van der Waals surface area contributed by atoms with Crippen molar-refractivity contribution in [1.82, 2.24) is 0 Å². The zero-order valence-corrected chi connectivity index (χ0v) is 13.2. The molecule has 0 saturated heterocycles. The second-order valence-corrected chi connectivity index (χ2v) is 8.30. The van der Waals surface area contributed by atoms with E-state index in [-0.39, 0.29) is 0 Å². The van der Waals surface area contributed by atoms with Crippen LogP contribution in [0.15, 0.2) is 33.8 Å². The van der Waals surface area contributed by atoms with Crippen LogP contribution in [0.5, 0.6) is 0 Å². The topological polar surface area (TPSA) is 82.3 Å². The summed E-state index contributed by atoms with van der Waals surface area (Å²) in [6, 6.07) is 8.61. The van der Waals surface area contributed by atoms with Gasteiger partial charge in [0.15, 0.2) is 0 Å². The van der Waals surface area contributed by atoms with E-state index < -0.39 is 19.6 Å². The monoisotopic (exact) mass is 343 g/mol. The Kier molecular flexibility index (Phi) is 4.71. The van der Waals surface area contributed by atoms with Crippen molar-refractivity contribution in [3.63, 3.8) is 0 Å². The number of hydrogen-bond acceptors (Lipinski definition) is 5. The van der Waals surface area contributed by atoms with Crippen molar-refractivity contribution in [2.24, 2.45) is 5.10 Å². The van der Waals surface area contributed by atoms with Gasteiger partial charge in [-0.1, -0.05) is 15.9 Å². The van der Waals surface area contributed by atoms with Gasteiger partial charge in [0, 0.05) is 4.47 Å². The third-order valence-electron chi connectivity index (χ3n) is 2.29. The van der Waals surface area contributed by atoms with Gasteiger partial charge in [0.2, 0.25) is 9.84 Å². The van der Waals surface area contributed by atoms with Crippen LogP contribution in [0, 0.1) is 11.3 Å². The van der Waals surface area contributed by atoms with Crippen LogP contribution in [-0.4, -0.2) is 18.2 Å². The molecule has 0 fully saturated rings. The SMILES string of the molecule is CC(C)(C)S(=O)(=O)/C(C#N)=N/Nc1ccc(Br)cc1. The highest BCUT2D eigenvalue weighted by Crippen LogP contribution is 2.18. The Balaban J connectivity index is 3.03. The van der Waals surface area contributed by atoms with Gasteiger partial charge in [-0.25, -0.2) is 8.42 Å². The lowest BCUT2D eigenvalue weighted by Gasteiger charge is -2.17. The first-order chi connectivity index (χ1) is 8.68. The molecule has 19 heavy (non-hydrogen) atoms. The van der Waals surface area contributed by atoms with Crippen molar-refractivity contribution in [2.45, 2.75) is 25.5 Å². The van der Waals surface area contributed by atoms with Gasteiger partial charge in [-0.15, -0.1) is 0 Å². The molecule has 1 aromatic rings. The van der Waals surface area contributed by atoms with Crippen LogP contribution in [0.4, 0.5) is 5.69 Å². The molecule has 102 valence electrons. The Morgan fingerprint density at radius 1 is 1.32 bits per heavy atom. The average Bonchev–Trinajstić information content (AvgIpc) is 2.30. The maximum Gasteiger partial charge on any atom is 0.252 e. The summed E-state index contributed by atoms with van der Waals surface area (Å²) in [7, 11) is -3.75. The minimum Gasteiger partial charge on any atom is -0.277 e. The smallest absolute Gasteiger partial charge is 0.252 e. The molecule has 0 aliphatic rings. The molecule has 1 rings (SSSR count). The van der Waals surface area contributed by atoms with Crippen molar-refractivity contribution >= 4 is 36.5 Å². The zero-order chi connectivity index (χ0) is 14.7. The molecular weight excluding hydrogens is 330 g/mol. The van der Waals surface area contributed by atoms with Crippen LogP contribution in [0.3, 0.4) is 0 Å². The quantitative estimate of drug-likeness (QED) is 0.508. The molecule has 1 N–H and O–H groups in total. The molecule has 0 amide bonds. The van der Waals surface area contributed by atoms with Crippen molar-refractivity contribution in [3.8, 4) is 6.07 Å². The highest BCUT2D eigenvalue weighted by molar-refractivity contribution is 9.10. The summed E-state index contributed by atoms with van der Waals surface area (Å²) in [5.74, 6) is 0. The number of benzene rings is 1.